The minimum atomic E-state index is -0.457. The average molecular weight is 499 g/mol. The van der Waals surface area contributed by atoms with Crippen molar-refractivity contribution in [1.29, 1.82) is 0 Å². The molecule has 0 aliphatic heterocycles. The molecule has 2 heterocycles. The van der Waals surface area contributed by atoms with Gasteiger partial charge < -0.3 is 20.1 Å². The smallest absolute Gasteiger partial charge is 0.255 e. The predicted octanol–water partition coefficient (Wildman–Crippen LogP) is 6.73. The normalized spacial score (nSPS) is 13.1. The Kier molecular flexibility index (Phi) is 7.07. The van der Waals surface area contributed by atoms with Crippen LogP contribution in [0.5, 0.6) is 5.75 Å². The van der Waals surface area contributed by atoms with Gasteiger partial charge in [-0.1, -0.05) is 56.3 Å². The van der Waals surface area contributed by atoms with E-state index in [4.69, 9.17) is 4.74 Å². The summed E-state index contributed by atoms with van der Waals surface area (Å²) in [6.45, 7) is 4.41. The van der Waals surface area contributed by atoms with Crippen molar-refractivity contribution in [2.75, 3.05) is 13.2 Å². The SMILES string of the molecule is CCCOc1ccc(-c2csc3ccccc23)cc1C(=O)N[C@@H](CO)C(C)c1c[nH]c2ccccc12. The molecule has 0 radical (unpaired) electrons. The number of thiophene rings is 1. The maximum atomic E-state index is 13.6. The molecule has 0 aliphatic rings. The minimum absolute atomic E-state index is 0.0980. The highest BCUT2D eigenvalue weighted by Gasteiger charge is 2.25. The Morgan fingerprint density at radius 1 is 1.08 bits per heavy atom. The van der Waals surface area contributed by atoms with E-state index < -0.39 is 6.04 Å². The van der Waals surface area contributed by atoms with E-state index in [0.29, 0.717) is 17.9 Å². The summed E-state index contributed by atoms with van der Waals surface area (Å²) in [6.07, 6.45) is 2.80. The maximum absolute atomic E-state index is 13.6. The van der Waals surface area contributed by atoms with Crippen molar-refractivity contribution in [3.05, 3.63) is 89.4 Å². The van der Waals surface area contributed by atoms with Gasteiger partial charge >= 0.3 is 0 Å². The molecule has 1 unspecified atom stereocenters. The topological polar surface area (TPSA) is 74.3 Å². The number of amides is 1. The Morgan fingerprint density at radius 2 is 1.86 bits per heavy atom. The van der Waals surface area contributed by atoms with Gasteiger partial charge in [-0.3, -0.25) is 4.79 Å². The Morgan fingerprint density at radius 3 is 2.67 bits per heavy atom. The summed E-state index contributed by atoms with van der Waals surface area (Å²) >= 11 is 1.69. The molecule has 0 aliphatic carbocycles. The fourth-order valence-corrected chi connectivity index (χ4v) is 5.65. The first kappa shape index (κ1) is 24.1. The van der Waals surface area contributed by atoms with E-state index in [2.05, 4.69) is 33.9 Å². The largest absolute Gasteiger partial charge is 0.493 e. The summed E-state index contributed by atoms with van der Waals surface area (Å²) in [5.74, 6) is 0.196. The van der Waals surface area contributed by atoms with Crippen LogP contribution in [0.1, 0.15) is 42.1 Å². The van der Waals surface area contributed by atoms with Crippen LogP contribution in [-0.4, -0.2) is 35.3 Å². The van der Waals surface area contributed by atoms with Crippen molar-refractivity contribution in [3.8, 4) is 16.9 Å². The lowest BCUT2D eigenvalue weighted by molar-refractivity contribution is 0.0903. The summed E-state index contributed by atoms with van der Waals surface area (Å²) in [5, 5.41) is 17.7. The Hall–Kier alpha value is -3.61. The van der Waals surface area contributed by atoms with Gasteiger partial charge in [0.05, 0.1) is 24.8 Å². The number of H-pyrrole nitrogens is 1. The summed E-state index contributed by atoms with van der Waals surface area (Å²) in [4.78, 5) is 16.9. The second-order valence-electron chi connectivity index (χ2n) is 9.05. The number of nitrogens with one attached hydrogen (secondary N) is 2. The van der Waals surface area contributed by atoms with Gasteiger partial charge in [0, 0.05) is 38.7 Å². The summed E-state index contributed by atoms with van der Waals surface area (Å²) < 4.78 is 7.15. The number of hydrogen-bond donors (Lipinski definition) is 3. The molecule has 5 aromatic rings. The second-order valence-corrected chi connectivity index (χ2v) is 9.96. The zero-order chi connectivity index (χ0) is 25.1. The van der Waals surface area contributed by atoms with E-state index in [-0.39, 0.29) is 18.4 Å². The first-order valence-electron chi connectivity index (χ1n) is 12.3. The molecule has 184 valence electrons. The quantitative estimate of drug-likeness (QED) is 0.211. The molecule has 0 bridgehead atoms. The number of ether oxygens (including phenoxy) is 1. The van der Waals surface area contributed by atoms with E-state index >= 15 is 0 Å². The van der Waals surface area contributed by atoms with Crippen molar-refractivity contribution >= 4 is 38.2 Å². The van der Waals surface area contributed by atoms with Gasteiger partial charge in [0.2, 0.25) is 0 Å². The van der Waals surface area contributed by atoms with Crippen LogP contribution in [0, 0.1) is 0 Å². The number of carbonyl (C=O) groups excluding carboxylic acids is 1. The van der Waals surface area contributed by atoms with E-state index in [0.717, 1.165) is 39.4 Å². The summed E-state index contributed by atoms with van der Waals surface area (Å²) in [5.41, 5.74) is 4.63. The van der Waals surface area contributed by atoms with Gasteiger partial charge in [0.25, 0.3) is 5.91 Å². The van der Waals surface area contributed by atoms with Crippen LogP contribution in [0.4, 0.5) is 0 Å². The third-order valence-electron chi connectivity index (χ3n) is 6.71. The fraction of sp³-hybridized carbons (Fsp3) is 0.233. The van der Waals surface area contributed by atoms with Crippen LogP contribution in [0.15, 0.2) is 78.3 Å². The highest BCUT2D eigenvalue weighted by atomic mass is 32.1. The second kappa shape index (κ2) is 10.6. The Balaban J connectivity index is 1.47. The summed E-state index contributed by atoms with van der Waals surface area (Å²) in [6, 6.07) is 21.7. The van der Waals surface area contributed by atoms with Crippen molar-refractivity contribution < 1.29 is 14.6 Å². The number of aliphatic hydroxyl groups is 1. The molecule has 3 N–H and O–H groups in total. The molecular weight excluding hydrogens is 468 g/mol. The molecule has 2 atom stereocenters. The number of carbonyl (C=O) groups is 1. The van der Waals surface area contributed by atoms with Crippen LogP contribution in [0.3, 0.4) is 0 Å². The van der Waals surface area contributed by atoms with Gasteiger partial charge in [0.1, 0.15) is 5.75 Å². The molecule has 6 heteroatoms. The monoisotopic (exact) mass is 498 g/mol. The predicted molar refractivity (Wildman–Crippen MR) is 148 cm³/mol. The molecule has 36 heavy (non-hydrogen) atoms. The number of aliphatic hydroxyl groups excluding tert-OH is 1. The lowest BCUT2D eigenvalue weighted by Gasteiger charge is -2.24. The molecule has 3 aromatic carbocycles. The number of aromatic nitrogens is 1. The van der Waals surface area contributed by atoms with Crippen LogP contribution in [0.25, 0.3) is 32.1 Å². The van der Waals surface area contributed by atoms with Crippen LogP contribution in [0.2, 0.25) is 0 Å². The zero-order valence-electron chi connectivity index (χ0n) is 20.5. The summed E-state index contributed by atoms with van der Waals surface area (Å²) in [7, 11) is 0. The van der Waals surface area contributed by atoms with Crippen molar-refractivity contribution in [3.63, 3.8) is 0 Å². The third-order valence-corrected chi connectivity index (χ3v) is 7.67. The molecule has 5 rings (SSSR count). The highest BCUT2D eigenvalue weighted by molar-refractivity contribution is 7.17. The number of aromatic amines is 1. The maximum Gasteiger partial charge on any atom is 0.255 e. The number of hydrogen-bond acceptors (Lipinski definition) is 4. The first-order valence-corrected chi connectivity index (χ1v) is 13.2. The minimum Gasteiger partial charge on any atom is -0.493 e. The highest BCUT2D eigenvalue weighted by Crippen LogP contribution is 2.36. The lowest BCUT2D eigenvalue weighted by Crippen LogP contribution is -2.41. The lowest BCUT2D eigenvalue weighted by atomic mass is 9.93. The molecule has 2 aromatic heterocycles. The zero-order valence-corrected chi connectivity index (χ0v) is 21.3. The van der Waals surface area contributed by atoms with Gasteiger partial charge in [-0.05, 0) is 47.2 Å². The van der Waals surface area contributed by atoms with Gasteiger partial charge in [-0.2, -0.15) is 0 Å². The van der Waals surface area contributed by atoms with E-state index in [1.54, 1.807) is 11.3 Å². The average Bonchev–Trinajstić information content (AvgIpc) is 3.54. The molecule has 0 fully saturated rings. The first-order chi connectivity index (χ1) is 17.6. The number of benzene rings is 3. The van der Waals surface area contributed by atoms with Crippen LogP contribution in [-0.2, 0) is 0 Å². The standard InChI is InChI=1S/C30H30N2O3S/c1-3-14-35-28-13-12-20(25-18-36-29-11-7-5-9-22(25)29)15-23(28)30(34)32-27(17-33)19(2)24-16-31-26-10-6-4-8-21(24)26/h4-13,15-16,18-19,27,31,33H,3,14,17H2,1-2H3,(H,32,34)/t19?,27-/m0/s1. The molecule has 0 saturated carbocycles. The van der Waals surface area contributed by atoms with Crippen molar-refractivity contribution in [2.24, 2.45) is 0 Å². The Bertz CT molecular complexity index is 1500. The van der Waals surface area contributed by atoms with E-state index in [9.17, 15) is 9.90 Å². The van der Waals surface area contributed by atoms with Crippen molar-refractivity contribution in [2.45, 2.75) is 32.2 Å². The molecular formula is C30H30N2O3S. The van der Waals surface area contributed by atoms with Gasteiger partial charge in [-0.25, -0.2) is 0 Å². The molecule has 5 nitrogen and oxygen atoms in total. The molecule has 0 spiro atoms. The number of fused-ring (bicyclic) bond motifs is 2. The van der Waals surface area contributed by atoms with Crippen molar-refractivity contribution in [1.82, 2.24) is 10.3 Å². The number of rotatable bonds is 9. The number of para-hydroxylation sites is 1. The fourth-order valence-electron chi connectivity index (χ4n) is 4.68. The van der Waals surface area contributed by atoms with E-state index in [1.165, 1.54) is 4.70 Å². The van der Waals surface area contributed by atoms with Gasteiger partial charge in [-0.15, -0.1) is 11.3 Å². The molecule has 0 saturated heterocycles. The Labute approximate surface area is 214 Å². The van der Waals surface area contributed by atoms with Gasteiger partial charge in [0.15, 0.2) is 0 Å². The van der Waals surface area contributed by atoms with E-state index in [1.807, 2.05) is 68.6 Å². The third kappa shape index (κ3) is 4.62. The molecule has 1 amide bonds. The van der Waals surface area contributed by atoms with Crippen LogP contribution >= 0.6 is 11.3 Å². The van der Waals surface area contributed by atoms with Crippen LogP contribution < -0.4 is 10.1 Å².